The molecule has 2 fully saturated rings. The highest BCUT2D eigenvalue weighted by molar-refractivity contribution is 5.28. The molecule has 0 saturated heterocycles. The SMILES string of the molecule is C=C1CCC2C(CN)C([C@@]3(C)Cc4cnn(C(C)(C)C)c4C[C@@H]3CO)CCC12C. The van der Waals surface area contributed by atoms with Crippen molar-refractivity contribution in [2.75, 3.05) is 13.2 Å². The number of nitrogens with two attached hydrogens (primary N) is 1. The average molecular weight is 400 g/mol. The number of aliphatic hydroxyl groups excluding tert-OH is 1. The van der Waals surface area contributed by atoms with Crippen LogP contribution in [0.1, 0.15) is 71.6 Å². The van der Waals surface area contributed by atoms with E-state index in [1.54, 1.807) is 0 Å². The Morgan fingerprint density at radius 2 is 2.00 bits per heavy atom. The first kappa shape index (κ1) is 21.1. The van der Waals surface area contributed by atoms with Gasteiger partial charge >= 0.3 is 0 Å². The highest BCUT2D eigenvalue weighted by Gasteiger charge is 2.56. The summed E-state index contributed by atoms with van der Waals surface area (Å²) < 4.78 is 2.18. The Morgan fingerprint density at radius 1 is 1.28 bits per heavy atom. The van der Waals surface area contributed by atoms with Crippen LogP contribution in [0.25, 0.3) is 0 Å². The average Bonchev–Trinajstić information content (AvgIpc) is 3.20. The van der Waals surface area contributed by atoms with Gasteiger partial charge in [-0.3, -0.25) is 4.68 Å². The number of aromatic nitrogens is 2. The van der Waals surface area contributed by atoms with Crippen LogP contribution in [0.3, 0.4) is 0 Å². The molecule has 3 N–H and O–H groups in total. The smallest absolute Gasteiger partial charge is 0.0546 e. The molecule has 0 aromatic carbocycles. The summed E-state index contributed by atoms with van der Waals surface area (Å²) in [5.74, 6) is 1.99. The van der Waals surface area contributed by atoms with Crippen molar-refractivity contribution in [1.29, 1.82) is 0 Å². The minimum absolute atomic E-state index is 0.0298. The quantitative estimate of drug-likeness (QED) is 0.745. The van der Waals surface area contributed by atoms with Crippen molar-refractivity contribution in [3.63, 3.8) is 0 Å². The Bertz CT molecular complexity index is 790. The largest absolute Gasteiger partial charge is 0.396 e. The molecule has 0 amide bonds. The highest BCUT2D eigenvalue weighted by atomic mass is 16.3. The molecule has 0 bridgehead atoms. The third-order valence-electron chi connectivity index (χ3n) is 9.27. The van der Waals surface area contributed by atoms with Gasteiger partial charge in [-0.25, -0.2) is 0 Å². The molecule has 2 saturated carbocycles. The van der Waals surface area contributed by atoms with E-state index in [0.717, 1.165) is 25.8 Å². The van der Waals surface area contributed by atoms with Crippen LogP contribution in [0.5, 0.6) is 0 Å². The van der Waals surface area contributed by atoms with Crippen LogP contribution in [0.2, 0.25) is 0 Å². The maximum Gasteiger partial charge on any atom is 0.0546 e. The second kappa shape index (κ2) is 6.95. The summed E-state index contributed by atoms with van der Waals surface area (Å²) in [6.07, 6.45) is 8.84. The standard InChI is InChI=1S/C25H41N3O/c1-16-7-8-20-19(13-26)21(9-10-24(16,20)5)25(6)12-17-14-27-28(23(2,3)4)22(17)11-18(25)15-29/h14,18-21,29H,1,7-13,15,26H2,2-6H3/t18-,19?,20?,21?,24?,25+/m1/s1. The number of hydrogen-bond donors (Lipinski definition) is 2. The Morgan fingerprint density at radius 3 is 2.62 bits per heavy atom. The zero-order valence-corrected chi connectivity index (χ0v) is 19.2. The molecule has 3 aliphatic rings. The number of hydrogen-bond acceptors (Lipinski definition) is 3. The molecule has 0 radical (unpaired) electrons. The normalized spacial score (nSPS) is 40.0. The summed E-state index contributed by atoms with van der Waals surface area (Å²) >= 11 is 0. The lowest BCUT2D eigenvalue weighted by molar-refractivity contribution is -0.0542. The number of rotatable bonds is 3. The third kappa shape index (κ3) is 3.05. The van der Waals surface area contributed by atoms with Crippen LogP contribution in [0.4, 0.5) is 0 Å². The molecule has 0 aliphatic heterocycles. The Labute approximate surface area is 176 Å². The molecule has 6 atom stereocenters. The third-order valence-corrected chi connectivity index (χ3v) is 9.27. The zero-order valence-electron chi connectivity index (χ0n) is 19.2. The van der Waals surface area contributed by atoms with E-state index < -0.39 is 0 Å². The van der Waals surface area contributed by atoms with Crippen molar-refractivity contribution in [3.05, 3.63) is 29.6 Å². The van der Waals surface area contributed by atoms with E-state index in [9.17, 15) is 5.11 Å². The summed E-state index contributed by atoms with van der Waals surface area (Å²) in [6.45, 7) is 16.9. The van der Waals surface area contributed by atoms with Gasteiger partial charge in [0, 0.05) is 12.3 Å². The molecule has 3 aliphatic carbocycles. The van der Waals surface area contributed by atoms with Crippen LogP contribution < -0.4 is 5.73 Å². The molecule has 29 heavy (non-hydrogen) atoms. The lowest BCUT2D eigenvalue weighted by Gasteiger charge is -2.56. The van der Waals surface area contributed by atoms with Gasteiger partial charge in [0.25, 0.3) is 0 Å². The van der Waals surface area contributed by atoms with Crippen molar-refractivity contribution >= 4 is 0 Å². The summed E-state index contributed by atoms with van der Waals surface area (Å²) in [5, 5.41) is 15.2. The van der Waals surface area contributed by atoms with E-state index in [1.807, 2.05) is 0 Å². The summed E-state index contributed by atoms with van der Waals surface area (Å²) in [4.78, 5) is 0. The molecular weight excluding hydrogens is 358 g/mol. The Balaban J connectivity index is 1.70. The monoisotopic (exact) mass is 399 g/mol. The van der Waals surface area contributed by atoms with Crippen LogP contribution in [-0.2, 0) is 18.4 Å². The number of allylic oxidation sites excluding steroid dienone is 1. The van der Waals surface area contributed by atoms with Gasteiger partial charge in [0.2, 0.25) is 0 Å². The molecule has 1 heterocycles. The summed E-state index contributed by atoms with van der Waals surface area (Å²) in [7, 11) is 0. The van der Waals surface area contributed by atoms with E-state index in [4.69, 9.17) is 10.8 Å². The minimum atomic E-state index is -0.0298. The first-order chi connectivity index (χ1) is 13.6. The van der Waals surface area contributed by atoms with Gasteiger partial charge in [0.15, 0.2) is 0 Å². The van der Waals surface area contributed by atoms with Gasteiger partial charge in [-0.2, -0.15) is 5.10 Å². The van der Waals surface area contributed by atoms with E-state index >= 15 is 0 Å². The molecule has 4 nitrogen and oxygen atoms in total. The van der Waals surface area contributed by atoms with Crippen LogP contribution in [0, 0.1) is 34.5 Å². The maximum absolute atomic E-state index is 10.5. The lowest BCUT2D eigenvalue weighted by Crippen LogP contribution is -2.53. The van der Waals surface area contributed by atoms with Gasteiger partial charge < -0.3 is 10.8 Å². The van der Waals surface area contributed by atoms with Gasteiger partial charge in [-0.05, 0) is 106 Å². The molecule has 162 valence electrons. The molecule has 0 spiro atoms. The molecule has 1 aromatic rings. The van der Waals surface area contributed by atoms with E-state index in [1.165, 1.54) is 36.1 Å². The van der Waals surface area contributed by atoms with Gasteiger partial charge in [-0.1, -0.05) is 26.0 Å². The van der Waals surface area contributed by atoms with Crippen LogP contribution >= 0.6 is 0 Å². The summed E-state index contributed by atoms with van der Waals surface area (Å²) in [6, 6.07) is 0. The van der Waals surface area contributed by atoms with Crippen molar-refractivity contribution in [3.8, 4) is 0 Å². The minimum Gasteiger partial charge on any atom is -0.396 e. The molecule has 4 heteroatoms. The zero-order chi connectivity index (χ0) is 21.2. The molecule has 4 unspecified atom stereocenters. The Kier molecular flexibility index (Phi) is 5.06. The first-order valence-corrected chi connectivity index (χ1v) is 11.6. The molecule has 1 aromatic heterocycles. The van der Waals surface area contributed by atoms with E-state index in [0.29, 0.717) is 17.8 Å². The highest BCUT2D eigenvalue weighted by Crippen LogP contribution is 2.62. The topological polar surface area (TPSA) is 64.1 Å². The molecular formula is C25H41N3O. The number of fused-ring (bicyclic) bond motifs is 2. The van der Waals surface area contributed by atoms with Gasteiger partial charge in [-0.15, -0.1) is 0 Å². The lowest BCUT2D eigenvalue weighted by atomic mass is 9.49. The maximum atomic E-state index is 10.5. The predicted molar refractivity (Wildman–Crippen MR) is 119 cm³/mol. The second-order valence-electron chi connectivity index (χ2n) is 11.7. The molecule has 4 rings (SSSR count). The van der Waals surface area contributed by atoms with E-state index in [2.05, 4.69) is 52.1 Å². The second-order valence-corrected chi connectivity index (χ2v) is 11.7. The van der Waals surface area contributed by atoms with Gasteiger partial charge in [0.1, 0.15) is 0 Å². The fourth-order valence-electron chi connectivity index (χ4n) is 7.42. The van der Waals surface area contributed by atoms with Crippen LogP contribution in [0.15, 0.2) is 18.3 Å². The van der Waals surface area contributed by atoms with Crippen molar-refractivity contribution < 1.29 is 5.11 Å². The fraction of sp³-hybridized carbons (Fsp3) is 0.800. The van der Waals surface area contributed by atoms with Crippen molar-refractivity contribution in [1.82, 2.24) is 9.78 Å². The van der Waals surface area contributed by atoms with E-state index in [-0.39, 0.29) is 28.9 Å². The summed E-state index contributed by atoms with van der Waals surface area (Å²) in [5.41, 5.74) is 10.9. The number of aliphatic hydroxyl groups is 1. The predicted octanol–water partition coefficient (Wildman–Crippen LogP) is 4.31. The van der Waals surface area contributed by atoms with Crippen LogP contribution in [-0.4, -0.2) is 28.0 Å². The van der Waals surface area contributed by atoms with Crippen molar-refractivity contribution in [2.45, 2.75) is 78.7 Å². The fourth-order valence-corrected chi connectivity index (χ4v) is 7.42. The van der Waals surface area contributed by atoms with Gasteiger partial charge in [0.05, 0.1) is 11.7 Å². The first-order valence-electron chi connectivity index (χ1n) is 11.6. The van der Waals surface area contributed by atoms with Crippen molar-refractivity contribution in [2.24, 2.45) is 40.2 Å². The number of nitrogens with zero attached hydrogens (tertiary/aromatic N) is 2. The Hall–Kier alpha value is -1.13.